The molecule has 0 radical (unpaired) electrons. The van der Waals surface area contributed by atoms with Crippen molar-refractivity contribution < 1.29 is 0 Å². The first-order chi connectivity index (χ1) is 7.48. The molecular formula is C14H20BrN. The van der Waals surface area contributed by atoms with Gasteiger partial charge >= 0.3 is 0 Å². The zero-order valence-electron chi connectivity index (χ0n) is 10.4. The number of benzene rings is 1. The van der Waals surface area contributed by atoms with Crippen molar-refractivity contribution >= 4 is 21.6 Å². The summed E-state index contributed by atoms with van der Waals surface area (Å²) in [5, 5.41) is 0. The molecule has 1 aromatic carbocycles. The maximum Gasteiger partial charge on any atom is 0.0510 e. The summed E-state index contributed by atoms with van der Waals surface area (Å²) in [4.78, 5) is 2.47. The number of hydrogen-bond donors (Lipinski definition) is 0. The number of anilines is 1. The van der Waals surface area contributed by atoms with Gasteiger partial charge in [-0.15, -0.1) is 0 Å². The highest BCUT2D eigenvalue weighted by Crippen LogP contribution is 2.33. The van der Waals surface area contributed by atoms with Gasteiger partial charge in [0.05, 0.1) is 5.69 Å². The van der Waals surface area contributed by atoms with E-state index in [0.717, 1.165) is 0 Å². The molecule has 2 rings (SSSR count). The van der Waals surface area contributed by atoms with Crippen LogP contribution in [0, 0.1) is 0 Å². The van der Waals surface area contributed by atoms with E-state index in [1.165, 1.54) is 41.7 Å². The molecule has 0 bridgehead atoms. The smallest absolute Gasteiger partial charge is 0.0510 e. The van der Waals surface area contributed by atoms with Crippen LogP contribution in [0.5, 0.6) is 0 Å². The summed E-state index contributed by atoms with van der Waals surface area (Å²) in [6.45, 7) is 9.17. The third kappa shape index (κ3) is 2.42. The van der Waals surface area contributed by atoms with Crippen molar-refractivity contribution in [1.82, 2.24) is 0 Å². The normalized spacial score (nSPS) is 16.9. The lowest BCUT2D eigenvalue weighted by Crippen LogP contribution is -2.19. The minimum absolute atomic E-state index is 0.228. The lowest BCUT2D eigenvalue weighted by molar-refractivity contribution is 0.590. The Morgan fingerprint density at radius 2 is 1.75 bits per heavy atom. The number of rotatable bonds is 1. The van der Waals surface area contributed by atoms with E-state index in [1.807, 2.05) is 0 Å². The van der Waals surface area contributed by atoms with Crippen molar-refractivity contribution in [1.29, 1.82) is 0 Å². The van der Waals surface area contributed by atoms with Crippen molar-refractivity contribution in [3.8, 4) is 0 Å². The fourth-order valence-corrected chi connectivity index (χ4v) is 2.82. The van der Waals surface area contributed by atoms with Crippen molar-refractivity contribution in [2.45, 2.75) is 39.0 Å². The predicted octanol–water partition coefficient (Wildman–Crippen LogP) is 4.35. The molecular weight excluding hydrogens is 262 g/mol. The first-order valence-electron chi connectivity index (χ1n) is 6.03. The van der Waals surface area contributed by atoms with Crippen LogP contribution in [0.3, 0.4) is 0 Å². The van der Waals surface area contributed by atoms with Crippen molar-refractivity contribution in [3.63, 3.8) is 0 Å². The summed E-state index contributed by atoms with van der Waals surface area (Å²) in [6.07, 6.45) is 2.65. The summed E-state index contributed by atoms with van der Waals surface area (Å²) in [6, 6.07) is 6.79. The van der Waals surface area contributed by atoms with Crippen LogP contribution in [0.4, 0.5) is 5.69 Å². The molecule has 1 aromatic rings. The van der Waals surface area contributed by atoms with E-state index in [-0.39, 0.29) is 5.41 Å². The molecule has 0 atom stereocenters. The van der Waals surface area contributed by atoms with Gasteiger partial charge in [0, 0.05) is 17.6 Å². The number of halogens is 1. The molecule has 88 valence electrons. The Balaban J connectivity index is 2.29. The quantitative estimate of drug-likeness (QED) is 0.740. The molecule has 0 amide bonds. The molecule has 1 heterocycles. The van der Waals surface area contributed by atoms with E-state index in [2.05, 4.69) is 59.8 Å². The summed E-state index contributed by atoms with van der Waals surface area (Å²) < 4.78 is 1.24. The average molecular weight is 282 g/mol. The highest BCUT2D eigenvalue weighted by Gasteiger charge is 2.18. The number of nitrogens with zero attached hydrogens (tertiary/aromatic N) is 1. The molecule has 1 saturated heterocycles. The summed E-state index contributed by atoms with van der Waals surface area (Å²) >= 11 is 3.71. The third-order valence-electron chi connectivity index (χ3n) is 3.26. The Morgan fingerprint density at radius 3 is 2.25 bits per heavy atom. The maximum absolute atomic E-state index is 3.71. The second-order valence-corrected chi connectivity index (χ2v) is 6.46. The van der Waals surface area contributed by atoms with Crippen LogP contribution in [0.1, 0.15) is 39.2 Å². The minimum atomic E-state index is 0.228. The van der Waals surface area contributed by atoms with Crippen LogP contribution in [0.2, 0.25) is 0 Å². The van der Waals surface area contributed by atoms with Crippen molar-refractivity contribution in [2.24, 2.45) is 0 Å². The summed E-state index contributed by atoms with van der Waals surface area (Å²) in [7, 11) is 0. The average Bonchev–Trinajstić information content (AvgIpc) is 2.69. The van der Waals surface area contributed by atoms with Crippen LogP contribution in [-0.2, 0) is 5.41 Å². The van der Waals surface area contributed by atoms with E-state index in [0.29, 0.717) is 0 Å². The Morgan fingerprint density at radius 1 is 1.12 bits per heavy atom. The molecule has 0 saturated carbocycles. The van der Waals surface area contributed by atoms with Crippen LogP contribution in [-0.4, -0.2) is 13.1 Å². The summed E-state index contributed by atoms with van der Waals surface area (Å²) in [5.41, 5.74) is 2.97. The van der Waals surface area contributed by atoms with Crippen molar-refractivity contribution in [3.05, 3.63) is 28.2 Å². The molecule has 0 aliphatic carbocycles. The van der Waals surface area contributed by atoms with E-state index >= 15 is 0 Å². The van der Waals surface area contributed by atoms with Gasteiger partial charge in [0.25, 0.3) is 0 Å². The van der Waals surface area contributed by atoms with Gasteiger partial charge in [0.15, 0.2) is 0 Å². The lowest BCUT2D eigenvalue weighted by Gasteiger charge is -2.23. The maximum atomic E-state index is 3.71. The molecule has 0 unspecified atom stereocenters. The lowest BCUT2D eigenvalue weighted by atomic mass is 9.87. The Hall–Kier alpha value is -0.500. The third-order valence-corrected chi connectivity index (χ3v) is 3.90. The van der Waals surface area contributed by atoms with E-state index in [4.69, 9.17) is 0 Å². The molecule has 16 heavy (non-hydrogen) atoms. The first-order valence-corrected chi connectivity index (χ1v) is 6.83. The van der Waals surface area contributed by atoms with Gasteiger partial charge in [-0.3, -0.25) is 0 Å². The first kappa shape index (κ1) is 12.0. The highest BCUT2D eigenvalue weighted by molar-refractivity contribution is 9.10. The Labute approximate surface area is 107 Å². The standard InChI is InChI=1S/C14H20BrN/c1-14(2,3)11-6-7-13(12(15)10-11)16-8-4-5-9-16/h6-7,10H,4-5,8-9H2,1-3H3. The summed E-state index contributed by atoms with van der Waals surface area (Å²) in [5.74, 6) is 0. The largest absolute Gasteiger partial charge is 0.371 e. The van der Waals surface area contributed by atoms with E-state index in [9.17, 15) is 0 Å². The molecule has 0 aromatic heterocycles. The molecule has 0 spiro atoms. The van der Waals surface area contributed by atoms with Gasteiger partial charge in [0.2, 0.25) is 0 Å². The number of hydrogen-bond acceptors (Lipinski definition) is 1. The topological polar surface area (TPSA) is 3.24 Å². The molecule has 1 fully saturated rings. The fourth-order valence-electron chi connectivity index (χ4n) is 2.19. The second-order valence-electron chi connectivity index (χ2n) is 5.61. The molecule has 0 N–H and O–H groups in total. The predicted molar refractivity (Wildman–Crippen MR) is 74.3 cm³/mol. The molecule has 2 heteroatoms. The van der Waals surface area contributed by atoms with Gasteiger partial charge in [-0.05, 0) is 51.9 Å². The van der Waals surface area contributed by atoms with Gasteiger partial charge in [-0.25, -0.2) is 0 Å². The fraction of sp³-hybridized carbons (Fsp3) is 0.571. The SMILES string of the molecule is CC(C)(C)c1ccc(N2CCCC2)c(Br)c1. The van der Waals surface area contributed by atoms with E-state index in [1.54, 1.807) is 0 Å². The van der Waals surface area contributed by atoms with Crippen LogP contribution < -0.4 is 4.90 Å². The van der Waals surface area contributed by atoms with Gasteiger partial charge in [0.1, 0.15) is 0 Å². The minimum Gasteiger partial charge on any atom is -0.371 e. The Kier molecular flexibility index (Phi) is 3.29. The van der Waals surface area contributed by atoms with Crippen LogP contribution >= 0.6 is 15.9 Å². The second kappa shape index (κ2) is 4.40. The highest BCUT2D eigenvalue weighted by atomic mass is 79.9. The van der Waals surface area contributed by atoms with Gasteiger partial charge in [-0.2, -0.15) is 0 Å². The molecule has 1 nitrogen and oxygen atoms in total. The molecule has 1 aliphatic heterocycles. The van der Waals surface area contributed by atoms with Crippen LogP contribution in [0.25, 0.3) is 0 Å². The van der Waals surface area contributed by atoms with Gasteiger partial charge in [-0.1, -0.05) is 26.8 Å². The molecule has 1 aliphatic rings. The zero-order chi connectivity index (χ0) is 11.8. The van der Waals surface area contributed by atoms with E-state index < -0.39 is 0 Å². The monoisotopic (exact) mass is 281 g/mol. The van der Waals surface area contributed by atoms with Crippen molar-refractivity contribution in [2.75, 3.05) is 18.0 Å². The Bertz CT molecular complexity index is 373. The van der Waals surface area contributed by atoms with Crippen LogP contribution in [0.15, 0.2) is 22.7 Å². The zero-order valence-corrected chi connectivity index (χ0v) is 12.0. The van der Waals surface area contributed by atoms with Gasteiger partial charge < -0.3 is 4.90 Å².